The van der Waals surface area contributed by atoms with E-state index in [1.165, 1.54) is 0 Å². The van der Waals surface area contributed by atoms with Crippen LogP contribution in [0.15, 0.2) is 39.4 Å². The molecule has 2 aromatic rings. The molecule has 0 aliphatic heterocycles. The van der Waals surface area contributed by atoms with E-state index < -0.39 is 0 Å². The van der Waals surface area contributed by atoms with Gasteiger partial charge in [0.2, 0.25) is 0 Å². The molecule has 1 heterocycles. The summed E-state index contributed by atoms with van der Waals surface area (Å²) in [6.07, 6.45) is 2.19. The quantitative estimate of drug-likeness (QED) is 0.930. The van der Waals surface area contributed by atoms with Gasteiger partial charge in [-0.3, -0.25) is 0 Å². The Kier molecular flexibility index (Phi) is 3.18. The summed E-state index contributed by atoms with van der Waals surface area (Å²) in [6.45, 7) is -0.106. The van der Waals surface area contributed by atoms with Crippen LogP contribution in [-0.4, -0.2) is 10.1 Å². The lowest BCUT2D eigenvalue weighted by Gasteiger charge is -1.97. The maximum absolute atomic E-state index is 8.82. The SMILES string of the molecule is OCc1cnc(Cc2cccc(Br)c2)o1. The van der Waals surface area contributed by atoms with Gasteiger partial charge in [-0.05, 0) is 17.7 Å². The smallest absolute Gasteiger partial charge is 0.198 e. The molecule has 78 valence electrons. The monoisotopic (exact) mass is 267 g/mol. The van der Waals surface area contributed by atoms with Gasteiger partial charge in [-0.15, -0.1) is 0 Å². The normalized spacial score (nSPS) is 10.5. The summed E-state index contributed by atoms with van der Waals surface area (Å²) in [7, 11) is 0. The highest BCUT2D eigenvalue weighted by atomic mass is 79.9. The van der Waals surface area contributed by atoms with Crippen molar-refractivity contribution in [3.63, 3.8) is 0 Å². The number of halogens is 1. The van der Waals surface area contributed by atoms with E-state index in [9.17, 15) is 0 Å². The summed E-state index contributed by atoms with van der Waals surface area (Å²) >= 11 is 3.40. The molecule has 3 nitrogen and oxygen atoms in total. The molecular formula is C11H10BrNO2. The van der Waals surface area contributed by atoms with Crippen LogP contribution < -0.4 is 0 Å². The van der Waals surface area contributed by atoms with Gasteiger partial charge in [-0.25, -0.2) is 4.98 Å². The minimum atomic E-state index is -0.106. The molecule has 0 amide bonds. The van der Waals surface area contributed by atoms with E-state index in [1.807, 2.05) is 24.3 Å². The molecule has 0 atom stereocenters. The molecule has 1 aromatic heterocycles. The molecule has 0 fully saturated rings. The molecule has 0 unspecified atom stereocenters. The number of nitrogens with zero attached hydrogens (tertiary/aromatic N) is 1. The first-order valence-electron chi connectivity index (χ1n) is 4.57. The van der Waals surface area contributed by atoms with Gasteiger partial charge < -0.3 is 9.52 Å². The summed E-state index contributed by atoms with van der Waals surface area (Å²) in [5, 5.41) is 8.82. The fourth-order valence-electron chi connectivity index (χ4n) is 1.32. The largest absolute Gasteiger partial charge is 0.443 e. The Bertz CT molecular complexity index is 453. The molecule has 15 heavy (non-hydrogen) atoms. The Balaban J connectivity index is 2.14. The number of benzene rings is 1. The van der Waals surface area contributed by atoms with Gasteiger partial charge in [0.1, 0.15) is 12.4 Å². The molecule has 0 saturated heterocycles. The number of rotatable bonds is 3. The number of aliphatic hydroxyl groups excluding tert-OH is 1. The molecule has 1 N–H and O–H groups in total. The summed E-state index contributed by atoms with van der Waals surface area (Å²) in [6, 6.07) is 7.96. The lowest BCUT2D eigenvalue weighted by Crippen LogP contribution is -1.87. The summed E-state index contributed by atoms with van der Waals surface area (Å²) in [5.74, 6) is 1.12. The molecule has 0 radical (unpaired) electrons. The van der Waals surface area contributed by atoms with Crippen molar-refractivity contribution in [1.29, 1.82) is 0 Å². The molecule has 0 aliphatic rings. The number of hydrogen-bond donors (Lipinski definition) is 1. The van der Waals surface area contributed by atoms with E-state index in [1.54, 1.807) is 6.20 Å². The average molecular weight is 268 g/mol. The van der Waals surface area contributed by atoms with Crippen molar-refractivity contribution in [2.24, 2.45) is 0 Å². The van der Waals surface area contributed by atoms with Crippen LogP contribution in [0.25, 0.3) is 0 Å². The molecule has 4 heteroatoms. The Morgan fingerprint density at radius 1 is 1.40 bits per heavy atom. The van der Waals surface area contributed by atoms with Gasteiger partial charge in [0.15, 0.2) is 5.89 Å². The van der Waals surface area contributed by atoms with E-state index in [2.05, 4.69) is 20.9 Å². The lowest BCUT2D eigenvalue weighted by molar-refractivity contribution is 0.244. The maximum atomic E-state index is 8.82. The van der Waals surface area contributed by atoms with Gasteiger partial charge >= 0.3 is 0 Å². The Hall–Kier alpha value is -1.13. The second-order valence-electron chi connectivity index (χ2n) is 3.19. The van der Waals surface area contributed by atoms with Gasteiger partial charge in [0.25, 0.3) is 0 Å². The zero-order valence-electron chi connectivity index (χ0n) is 7.98. The molecule has 0 saturated carbocycles. The van der Waals surface area contributed by atoms with E-state index in [4.69, 9.17) is 9.52 Å². The first-order chi connectivity index (χ1) is 7.28. The zero-order chi connectivity index (χ0) is 10.7. The van der Waals surface area contributed by atoms with Crippen LogP contribution in [0.1, 0.15) is 17.2 Å². The van der Waals surface area contributed by atoms with Crippen molar-refractivity contribution < 1.29 is 9.52 Å². The highest BCUT2D eigenvalue weighted by Crippen LogP contribution is 2.15. The van der Waals surface area contributed by atoms with E-state index in [-0.39, 0.29) is 6.61 Å². The third kappa shape index (κ3) is 2.67. The highest BCUT2D eigenvalue weighted by Gasteiger charge is 2.04. The third-order valence-electron chi connectivity index (χ3n) is 2.00. The van der Waals surface area contributed by atoms with Crippen LogP contribution in [0.5, 0.6) is 0 Å². The van der Waals surface area contributed by atoms with Gasteiger partial charge in [0.05, 0.1) is 6.20 Å². The van der Waals surface area contributed by atoms with Crippen LogP contribution in [0.3, 0.4) is 0 Å². The lowest BCUT2D eigenvalue weighted by atomic mass is 10.1. The average Bonchev–Trinajstić information content (AvgIpc) is 2.65. The summed E-state index contributed by atoms with van der Waals surface area (Å²) in [5.41, 5.74) is 1.12. The van der Waals surface area contributed by atoms with Gasteiger partial charge in [-0.2, -0.15) is 0 Å². The fourth-order valence-corrected chi connectivity index (χ4v) is 1.77. The molecular weight excluding hydrogens is 258 g/mol. The zero-order valence-corrected chi connectivity index (χ0v) is 9.57. The second kappa shape index (κ2) is 4.59. The summed E-state index contributed by atoms with van der Waals surface area (Å²) in [4.78, 5) is 4.07. The molecule has 0 aliphatic carbocycles. The van der Waals surface area contributed by atoms with Crippen LogP contribution in [-0.2, 0) is 13.0 Å². The maximum Gasteiger partial charge on any atom is 0.198 e. The number of aromatic nitrogens is 1. The molecule has 2 rings (SSSR count). The summed E-state index contributed by atoms with van der Waals surface area (Å²) < 4.78 is 6.34. The van der Waals surface area contributed by atoms with E-state index in [0.29, 0.717) is 18.1 Å². The first kappa shape index (κ1) is 10.4. The van der Waals surface area contributed by atoms with Crippen LogP contribution in [0.4, 0.5) is 0 Å². The highest BCUT2D eigenvalue weighted by molar-refractivity contribution is 9.10. The number of aliphatic hydroxyl groups is 1. The van der Waals surface area contributed by atoms with Crippen LogP contribution in [0, 0.1) is 0 Å². The Morgan fingerprint density at radius 2 is 2.27 bits per heavy atom. The molecule has 0 spiro atoms. The number of oxazole rings is 1. The van der Waals surface area contributed by atoms with Crippen molar-refractivity contribution in [2.45, 2.75) is 13.0 Å². The van der Waals surface area contributed by atoms with Crippen molar-refractivity contribution in [3.8, 4) is 0 Å². The fraction of sp³-hybridized carbons (Fsp3) is 0.182. The Labute approximate surface area is 95.9 Å². The third-order valence-corrected chi connectivity index (χ3v) is 2.49. The second-order valence-corrected chi connectivity index (χ2v) is 4.10. The predicted octanol–water partition coefficient (Wildman–Crippen LogP) is 2.52. The topological polar surface area (TPSA) is 46.3 Å². The van der Waals surface area contributed by atoms with Crippen molar-refractivity contribution >= 4 is 15.9 Å². The van der Waals surface area contributed by atoms with Crippen LogP contribution >= 0.6 is 15.9 Å². The molecule has 1 aromatic carbocycles. The van der Waals surface area contributed by atoms with Gasteiger partial charge in [-0.1, -0.05) is 28.1 Å². The predicted molar refractivity (Wildman–Crippen MR) is 59.4 cm³/mol. The van der Waals surface area contributed by atoms with Crippen LogP contribution in [0.2, 0.25) is 0 Å². The minimum Gasteiger partial charge on any atom is -0.443 e. The Morgan fingerprint density at radius 3 is 2.93 bits per heavy atom. The minimum absolute atomic E-state index is 0.106. The number of hydrogen-bond acceptors (Lipinski definition) is 3. The van der Waals surface area contributed by atoms with Crippen molar-refractivity contribution in [1.82, 2.24) is 4.98 Å². The van der Waals surface area contributed by atoms with Crippen molar-refractivity contribution in [2.75, 3.05) is 0 Å². The van der Waals surface area contributed by atoms with E-state index in [0.717, 1.165) is 10.0 Å². The molecule has 0 bridgehead atoms. The standard InChI is InChI=1S/C11H10BrNO2/c12-9-3-1-2-8(4-9)5-11-13-6-10(7-14)15-11/h1-4,6,14H,5,7H2. The van der Waals surface area contributed by atoms with E-state index >= 15 is 0 Å². The van der Waals surface area contributed by atoms with Gasteiger partial charge in [0, 0.05) is 10.9 Å². The first-order valence-corrected chi connectivity index (χ1v) is 5.36. The van der Waals surface area contributed by atoms with Crippen molar-refractivity contribution in [3.05, 3.63) is 52.1 Å².